The summed E-state index contributed by atoms with van der Waals surface area (Å²) >= 11 is 4.64. The highest BCUT2D eigenvalue weighted by Crippen LogP contribution is 2.31. The molecular weight excluding hydrogens is 440 g/mol. The summed E-state index contributed by atoms with van der Waals surface area (Å²) in [6.07, 6.45) is 3.28. The van der Waals surface area contributed by atoms with Crippen molar-refractivity contribution in [3.63, 3.8) is 0 Å². The van der Waals surface area contributed by atoms with Crippen LogP contribution in [0.1, 0.15) is 42.6 Å². The first-order valence-corrected chi connectivity index (χ1v) is 10.7. The SMILES string of the molecule is CCC(CC)C(=O)NCc1cccc(C(=O)Nc2ccnc3c(Br)nsc23)c1. The Morgan fingerprint density at radius 2 is 2.00 bits per heavy atom. The predicted molar refractivity (Wildman–Crippen MR) is 115 cm³/mol. The van der Waals surface area contributed by atoms with Crippen molar-refractivity contribution in [1.82, 2.24) is 14.7 Å². The zero-order chi connectivity index (χ0) is 20.1. The number of nitrogens with one attached hydrogen (secondary N) is 2. The number of nitrogens with zero attached hydrogens (tertiary/aromatic N) is 2. The highest BCUT2D eigenvalue weighted by atomic mass is 79.9. The molecule has 0 bridgehead atoms. The van der Waals surface area contributed by atoms with Gasteiger partial charge >= 0.3 is 0 Å². The number of amides is 2. The Labute approximate surface area is 176 Å². The number of rotatable bonds is 7. The maximum atomic E-state index is 12.7. The van der Waals surface area contributed by atoms with Gasteiger partial charge < -0.3 is 10.6 Å². The third-order valence-electron chi connectivity index (χ3n) is 4.58. The molecule has 0 radical (unpaired) electrons. The number of carbonyl (C=O) groups is 2. The van der Waals surface area contributed by atoms with Crippen LogP contribution in [0.5, 0.6) is 0 Å². The van der Waals surface area contributed by atoms with Gasteiger partial charge in [-0.05, 0) is 64.1 Å². The number of hydrogen-bond acceptors (Lipinski definition) is 5. The van der Waals surface area contributed by atoms with Gasteiger partial charge in [-0.25, -0.2) is 0 Å². The summed E-state index contributed by atoms with van der Waals surface area (Å²) in [5, 5.41) is 5.88. The first-order chi connectivity index (χ1) is 13.5. The van der Waals surface area contributed by atoms with Gasteiger partial charge in [-0.1, -0.05) is 26.0 Å². The molecule has 8 heteroatoms. The first-order valence-electron chi connectivity index (χ1n) is 9.11. The van der Waals surface area contributed by atoms with Gasteiger partial charge in [0.1, 0.15) is 10.1 Å². The molecule has 28 heavy (non-hydrogen) atoms. The van der Waals surface area contributed by atoms with Crippen LogP contribution in [0.15, 0.2) is 41.1 Å². The fourth-order valence-electron chi connectivity index (χ4n) is 2.92. The number of hydrogen-bond donors (Lipinski definition) is 2. The van der Waals surface area contributed by atoms with Crippen LogP contribution in [0.4, 0.5) is 5.69 Å². The monoisotopic (exact) mass is 460 g/mol. The molecule has 2 heterocycles. The average Bonchev–Trinajstić information content (AvgIpc) is 3.09. The van der Waals surface area contributed by atoms with E-state index in [-0.39, 0.29) is 17.7 Å². The summed E-state index contributed by atoms with van der Waals surface area (Å²) in [5.41, 5.74) is 2.81. The van der Waals surface area contributed by atoms with E-state index in [1.165, 1.54) is 11.5 Å². The second kappa shape index (κ2) is 9.25. The molecule has 146 valence electrons. The Balaban J connectivity index is 1.71. The summed E-state index contributed by atoms with van der Waals surface area (Å²) in [4.78, 5) is 29.1. The van der Waals surface area contributed by atoms with E-state index in [1.54, 1.807) is 24.4 Å². The zero-order valence-electron chi connectivity index (χ0n) is 15.7. The van der Waals surface area contributed by atoms with Crippen molar-refractivity contribution in [2.45, 2.75) is 33.2 Å². The molecule has 0 unspecified atom stereocenters. The fourth-order valence-corrected chi connectivity index (χ4v) is 4.29. The van der Waals surface area contributed by atoms with Crippen molar-refractivity contribution in [1.29, 1.82) is 0 Å². The van der Waals surface area contributed by atoms with E-state index in [4.69, 9.17) is 0 Å². The minimum atomic E-state index is -0.217. The lowest BCUT2D eigenvalue weighted by Crippen LogP contribution is -2.29. The van der Waals surface area contributed by atoms with Gasteiger partial charge in [-0.15, -0.1) is 0 Å². The molecule has 2 amide bonds. The number of aromatic nitrogens is 2. The van der Waals surface area contributed by atoms with Gasteiger partial charge in [0.15, 0.2) is 0 Å². The predicted octanol–water partition coefficient (Wildman–Crippen LogP) is 4.76. The number of anilines is 1. The van der Waals surface area contributed by atoms with Gasteiger partial charge in [0.25, 0.3) is 5.91 Å². The average molecular weight is 461 g/mol. The number of pyridine rings is 1. The second-order valence-corrected chi connectivity index (χ2v) is 7.92. The maximum absolute atomic E-state index is 12.7. The minimum absolute atomic E-state index is 0.0271. The molecule has 0 atom stereocenters. The van der Waals surface area contributed by atoms with Gasteiger partial charge in [-0.3, -0.25) is 14.6 Å². The molecule has 0 aliphatic carbocycles. The summed E-state index contributed by atoms with van der Waals surface area (Å²) in [5.74, 6) is -0.140. The molecule has 2 N–H and O–H groups in total. The molecule has 0 aliphatic rings. The van der Waals surface area contributed by atoms with Crippen LogP contribution in [-0.4, -0.2) is 21.2 Å². The van der Waals surface area contributed by atoms with E-state index < -0.39 is 0 Å². The molecule has 0 saturated heterocycles. The van der Waals surface area contributed by atoms with Crippen molar-refractivity contribution in [3.8, 4) is 0 Å². The molecule has 0 saturated carbocycles. The Kier molecular flexibility index (Phi) is 6.74. The third-order valence-corrected chi connectivity index (χ3v) is 6.23. The molecule has 3 rings (SSSR count). The molecule has 1 aromatic carbocycles. The van der Waals surface area contributed by atoms with E-state index in [0.717, 1.165) is 28.6 Å². The summed E-state index contributed by atoms with van der Waals surface area (Å²) in [6, 6.07) is 9.02. The largest absolute Gasteiger partial charge is 0.352 e. The normalized spacial score (nSPS) is 11.0. The first kappa shape index (κ1) is 20.4. The zero-order valence-corrected chi connectivity index (χ0v) is 18.1. The number of fused-ring (bicyclic) bond motifs is 1. The van der Waals surface area contributed by atoms with Gasteiger partial charge in [-0.2, -0.15) is 4.37 Å². The Bertz CT molecular complexity index is 1000. The van der Waals surface area contributed by atoms with Crippen LogP contribution >= 0.6 is 27.5 Å². The van der Waals surface area contributed by atoms with Crippen molar-refractivity contribution in [3.05, 3.63) is 52.3 Å². The minimum Gasteiger partial charge on any atom is -0.352 e. The molecule has 0 spiro atoms. The Morgan fingerprint density at radius 1 is 1.21 bits per heavy atom. The summed E-state index contributed by atoms with van der Waals surface area (Å²) in [7, 11) is 0. The van der Waals surface area contributed by atoms with E-state index >= 15 is 0 Å². The Hall–Kier alpha value is -2.32. The number of carbonyl (C=O) groups excluding carboxylic acids is 2. The van der Waals surface area contributed by atoms with Crippen molar-refractivity contribution < 1.29 is 9.59 Å². The van der Waals surface area contributed by atoms with Gasteiger partial charge in [0.2, 0.25) is 5.91 Å². The highest BCUT2D eigenvalue weighted by Gasteiger charge is 2.15. The molecule has 6 nitrogen and oxygen atoms in total. The van der Waals surface area contributed by atoms with Crippen LogP contribution in [0, 0.1) is 5.92 Å². The number of benzene rings is 1. The van der Waals surface area contributed by atoms with Gasteiger partial charge in [0, 0.05) is 24.2 Å². The summed E-state index contributed by atoms with van der Waals surface area (Å²) in [6.45, 7) is 4.42. The quantitative estimate of drug-likeness (QED) is 0.532. The molecule has 3 aromatic rings. The Morgan fingerprint density at radius 3 is 2.75 bits per heavy atom. The molecular formula is C20H21BrN4O2S. The lowest BCUT2D eigenvalue weighted by molar-refractivity contribution is -0.125. The smallest absolute Gasteiger partial charge is 0.255 e. The molecule has 2 aromatic heterocycles. The number of halogens is 1. The summed E-state index contributed by atoms with van der Waals surface area (Å²) < 4.78 is 5.71. The highest BCUT2D eigenvalue weighted by molar-refractivity contribution is 9.10. The standard InChI is InChI=1S/C20H21BrN4O2S/c1-3-13(4-2)19(26)23-11-12-6-5-7-14(10-12)20(27)24-15-8-9-22-16-17(15)28-25-18(16)21/h5-10,13H,3-4,11H2,1-2H3,(H,23,26)(H,22,24,27). The van der Waals surface area contributed by atoms with E-state index in [0.29, 0.717) is 22.4 Å². The van der Waals surface area contributed by atoms with E-state index in [1.807, 2.05) is 26.0 Å². The molecule has 0 fully saturated rings. The van der Waals surface area contributed by atoms with Gasteiger partial charge in [0.05, 0.1) is 10.4 Å². The molecule has 0 aliphatic heterocycles. The lowest BCUT2D eigenvalue weighted by Gasteiger charge is -2.13. The van der Waals surface area contributed by atoms with Crippen molar-refractivity contribution in [2.75, 3.05) is 5.32 Å². The van der Waals surface area contributed by atoms with Crippen LogP contribution < -0.4 is 10.6 Å². The maximum Gasteiger partial charge on any atom is 0.255 e. The van der Waals surface area contributed by atoms with Crippen LogP contribution in [0.3, 0.4) is 0 Å². The van der Waals surface area contributed by atoms with Crippen LogP contribution in [0.25, 0.3) is 10.2 Å². The lowest BCUT2D eigenvalue weighted by atomic mass is 10.0. The topological polar surface area (TPSA) is 84.0 Å². The van der Waals surface area contributed by atoms with Crippen LogP contribution in [0.2, 0.25) is 0 Å². The van der Waals surface area contributed by atoms with E-state index in [9.17, 15) is 9.59 Å². The van der Waals surface area contributed by atoms with Crippen LogP contribution in [-0.2, 0) is 11.3 Å². The van der Waals surface area contributed by atoms with E-state index in [2.05, 4.69) is 35.9 Å². The second-order valence-electron chi connectivity index (χ2n) is 6.40. The third kappa shape index (κ3) is 4.56. The van der Waals surface area contributed by atoms with Crippen molar-refractivity contribution in [2.24, 2.45) is 5.92 Å². The van der Waals surface area contributed by atoms with Crippen molar-refractivity contribution >= 4 is 55.2 Å². The fraction of sp³-hybridized carbons (Fsp3) is 0.300.